The summed E-state index contributed by atoms with van der Waals surface area (Å²) in [4.78, 5) is 19.0. The van der Waals surface area contributed by atoms with E-state index in [0.717, 1.165) is 29.8 Å². The molecule has 1 saturated heterocycles. The molecule has 1 unspecified atom stereocenters. The van der Waals surface area contributed by atoms with Crippen molar-refractivity contribution in [3.8, 4) is 17.2 Å². The second-order valence-corrected chi connectivity index (χ2v) is 7.86. The maximum atomic E-state index is 12.6. The van der Waals surface area contributed by atoms with Crippen LogP contribution in [0.4, 0.5) is 5.69 Å². The van der Waals surface area contributed by atoms with Gasteiger partial charge in [0.05, 0.1) is 6.61 Å². The molecule has 0 spiro atoms. The molecule has 0 N–H and O–H groups in total. The molecule has 1 aliphatic heterocycles. The number of hydrogen-bond acceptors (Lipinski definition) is 5. The SMILES string of the molecule is CCCCOc1ccc(-c2nc(C3CC(=O)N(c4ccc(C)c(C)c4)C3)no2)cc1. The first-order valence-electron chi connectivity index (χ1n) is 10.5. The smallest absolute Gasteiger partial charge is 0.257 e. The first-order valence-corrected chi connectivity index (χ1v) is 10.5. The topological polar surface area (TPSA) is 68.5 Å². The molecule has 1 atom stereocenters. The summed E-state index contributed by atoms with van der Waals surface area (Å²) in [7, 11) is 0. The van der Waals surface area contributed by atoms with E-state index in [9.17, 15) is 4.79 Å². The van der Waals surface area contributed by atoms with Gasteiger partial charge in [0.1, 0.15) is 5.75 Å². The van der Waals surface area contributed by atoms with Crippen molar-refractivity contribution in [3.05, 3.63) is 59.4 Å². The largest absolute Gasteiger partial charge is 0.494 e. The highest BCUT2D eigenvalue weighted by Gasteiger charge is 2.34. The van der Waals surface area contributed by atoms with Crippen LogP contribution in [0.2, 0.25) is 0 Å². The molecule has 2 heterocycles. The predicted molar refractivity (Wildman–Crippen MR) is 116 cm³/mol. The van der Waals surface area contributed by atoms with Crippen molar-refractivity contribution < 1.29 is 14.1 Å². The van der Waals surface area contributed by atoms with Crippen LogP contribution < -0.4 is 9.64 Å². The van der Waals surface area contributed by atoms with E-state index in [1.54, 1.807) is 0 Å². The molecule has 0 radical (unpaired) electrons. The number of carbonyl (C=O) groups is 1. The lowest BCUT2D eigenvalue weighted by Gasteiger charge is -2.17. The van der Waals surface area contributed by atoms with Crippen LogP contribution in [0.15, 0.2) is 47.0 Å². The van der Waals surface area contributed by atoms with Gasteiger partial charge in [-0.25, -0.2) is 0 Å². The normalized spacial score (nSPS) is 16.3. The van der Waals surface area contributed by atoms with Crippen LogP contribution in [-0.4, -0.2) is 29.2 Å². The quantitative estimate of drug-likeness (QED) is 0.514. The molecule has 6 nitrogen and oxygen atoms in total. The first kappa shape index (κ1) is 20.1. The van der Waals surface area contributed by atoms with Crippen molar-refractivity contribution in [2.75, 3.05) is 18.1 Å². The molecular weight excluding hydrogens is 378 g/mol. The molecule has 156 valence electrons. The maximum Gasteiger partial charge on any atom is 0.257 e. The summed E-state index contributed by atoms with van der Waals surface area (Å²) in [6, 6.07) is 13.8. The number of benzene rings is 2. The van der Waals surface area contributed by atoms with Crippen molar-refractivity contribution in [1.82, 2.24) is 10.1 Å². The van der Waals surface area contributed by atoms with Crippen LogP contribution in [0.1, 0.15) is 49.1 Å². The Hall–Kier alpha value is -3.15. The molecule has 30 heavy (non-hydrogen) atoms. The Kier molecular flexibility index (Phi) is 5.84. The molecule has 6 heteroatoms. The van der Waals surface area contributed by atoms with Crippen molar-refractivity contribution in [1.29, 1.82) is 0 Å². The van der Waals surface area contributed by atoms with Gasteiger partial charge in [-0.05, 0) is 67.8 Å². The highest BCUT2D eigenvalue weighted by Crippen LogP contribution is 2.32. The van der Waals surface area contributed by atoms with Crippen LogP contribution in [0.25, 0.3) is 11.5 Å². The zero-order valence-corrected chi connectivity index (χ0v) is 17.7. The van der Waals surface area contributed by atoms with E-state index in [1.165, 1.54) is 11.1 Å². The van der Waals surface area contributed by atoms with E-state index >= 15 is 0 Å². The van der Waals surface area contributed by atoms with E-state index in [0.29, 0.717) is 31.3 Å². The molecule has 1 aliphatic rings. The molecule has 1 fully saturated rings. The first-order chi connectivity index (χ1) is 14.5. The third-order valence-electron chi connectivity index (χ3n) is 5.60. The maximum absolute atomic E-state index is 12.6. The van der Waals surface area contributed by atoms with Crippen LogP contribution >= 0.6 is 0 Å². The third-order valence-corrected chi connectivity index (χ3v) is 5.60. The summed E-state index contributed by atoms with van der Waals surface area (Å²) in [6.45, 7) is 7.54. The van der Waals surface area contributed by atoms with Crippen LogP contribution in [0, 0.1) is 13.8 Å². The molecule has 0 bridgehead atoms. The second kappa shape index (κ2) is 8.69. The summed E-state index contributed by atoms with van der Waals surface area (Å²) >= 11 is 0. The van der Waals surface area contributed by atoms with Gasteiger partial charge in [0, 0.05) is 30.1 Å². The fourth-order valence-corrected chi connectivity index (χ4v) is 3.57. The minimum atomic E-state index is -0.0757. The summed E-state index contributed by atoms with van der Waals surface area (Å²) < 4.78 is 11.2. The number of aromatic nitrogens is 2. The summed E-state index contributed by atoms with van der Waals surface area (Å²) in [5.74, 6) is 1.88. The van der Waals surface area contributed by atoms with Gasteiger partial charge in [-0.1, -0.05) is 24.6 Å². The minimum absolute atomic E-state index is 0.0757. The number of nitrogens with zero attached hydrogens (tertiary/aromatic N) is 3. The van der Waals surface area contributed by atoms with E-state index in [1.807, 2.05) is 41.3 Å². The molecule has 2 aromatic carbocycles. The van der Waals surface area contributed by atoms with Gasteiger partial charge in [-0.2, -0.15) is 4.98 Å². The molecular formula is C24H27N3O3. The summed E-state index contributed by atoms with van der Waals surface area (Å²) in [5, 5.41) is 4.16. The zero-order valence-electron chi connectivity index (χ0n) is 17.7. The molecule has 1 aromatic heterocycles. The van der Waals surface area contributed by atoms with Crippen molar-refractivity contribution in [2.24, 2.45) is 0 Å². The average molecular weight is 405 g/mol. The molecule has 0 aliphatic carbocycles. The van der Waals surface area contributed by atoms with Crippen LogP contribution in [-0.2, 0) is 4.79 Å². The summed E-state index contributed by atoms with van der Waals surface area (Å²) in [6.07, 6.45) is 2.53. The van der Waals surface area contributed by atoms with E-state index in [-0.39, 0.29) is 11.8 Å². The van der Waals surface area contributed by atoms with Crippen molar-refractivity contribution in [2.45, 2.75) is 46.0 Å². The number of unbranched alkanes of at least 4 members (excludes halogenated alkanes) is 1. The van der Waals surface area contributed by atoms with Crippen molar-refractivity contribution >= 4 is 11.6 Å². The van der Waals surface area contributed by atoms with Gasteiger partial charge in [0.15, 0.2) is 5.82 Å². The standard InChI is InChI=1S/C24H27N3O3/c1-4-5-12-29-21-10-7-18(8-11-21)24-25-23(26-30-24)19-14-22(28)27(15-19)20-9-6-16(2)17(3)13-20/h6-11,13,19H,4-5,12,14-15H2,1-3H3. The Morgan fingerprint density at radius 1 is 1.13 bits per heavy atom. The Labute approximate surface area is 176 Å². The van der Waals surface area contributed by atoms with Gasteiger partial charge in [-0.15, -0.1) is 0 Å². The lowest BCUT2D eigenvalue weighted by atomic mass is 10.1. The highest BCUT2D eigenvalue weighted by molar-refractivity contribution is 5.96. The van der Waals surface area contributed by atoms with Crippen LogP contribution in [0.5, 0.6) is 5.75 Å². The Bertz CT molecular complexity index is 1030. The number of rotatable bonds is 7. The molecule has 1 amide bonds. The Morgan fingerprint density at radius 2 is 1.93 bits per heavy atom. The predicted octanol–water partition coefficient (Wildman–Crippen LogP) is 5.05. The van der Waals surface area contributed by atoms with Gasteiger partial charge >= 0.3 is 0 Å². The average Bonchev–Trinajstić information content (AvgIpc) is 3.38. The molecule has 4 rings (SSSR count). The minimum Gasteiger partial charge on any atom is -0.494 e. The number of ether oxygens (including phenoxy) is 1. The lowest BCUT2D eigenvalue weighted by molar-refractivity contribution is -0.117. The van der Waals surface area contributed by atoms with E-state index in [4.69, 9.17) is 9.26 Å². The summed E-state index contributed by atoms with van der Waals surface area (Å²) in [5.41, 5.74) is 4.15. The number of amides is 1. The van der Waals surface area contributed by atoms with Gasteiger partial charge < -0.3 is 14.2 Å². The van der Waals surface area contributed by atoms with Gasteiger partial charge in [0.25, 0.3) is 5.89 Å². The fourth-order valence-electron chi connectivity index (χ4n) is 3.57. The number of anilines is 1. The number of aryl methyl sites for hydroxylation is 2. The number of carbonyl (C=O) groups excluding carboxylic acids is 1. The Morgan fingerprint density at radius 3 is 2.67 bits per heavy atom. The Balaban J connectivity index is 1.45. The zero-order chi connectivity index (χ0) is 21.1. The molecule has 0 saturated carbocycles. The third kappa shape index (κ3) is 4.22. The number of hydrogen-bond donors (Lipinski definition) is 0. The van der Waals surface area contributed by atoms with Crippen molar-refractivity contribution in [3.63, 3.8) is 0 Å². The fraction of sp³-hybridized carbons (Fsp3) is 0.375. The second-order valence-electron chi connectivity index (χ2n) is 7.86. The lowest BCUT2D eigenvalue weighted by Crippen LogP contribution is -2.24. The van der Waals surface area contributed by atoms with Gasteiger partial charge in [-0.3, -0.25) is 4.79 Å². The van der Waals surface area contributed by atoms with Crippen LogP contribution in [0.3, 0.4) is 0 Å². The highest BCUT2D eigenvalue weighted by atomic mass is 16.5. The molecule has 3 aromatic rings. The van der Waals surface area contributed by atoms with Gasteiger partial charge in [0.2, 0.25) is 5.91 Å². The van der Waals surface area contributed by atoms with E-state index in [2.05, 4.69) is 37.0 Å². The monoisotopic (exact) mass is 405 g/mol. The van der Waals surface area contributed by atoms with E-state index < -0.39 is 0 Å².